The molecule has 4 heterocycles. The first-order valence-corrected chi connectivity index (χ1v) is 7.92. The van der Waals surface area contributed by atoms with Gasteiger partial charge in [-0.25, -0.2) is 0 Å². The van der Waals surface area contributed by atoms with Crippen molar-refractivity contribution in [3.63, 3.8) is 0 Å². The highest BCUT2D eigenvalue weighted by Crippen LogP contribution is 2.44. The average molecular weight is 317 g/mol. The van der Waals surface area contributed by atoms with Gasteiger partial charge in [-0.15, -0.1) is 0 Å². The number of carbonyl (C=O) groups excluding carboxylic acids is 1. The molecule has 0 saturated carbocycles. The van der Waals surface area contributed by atoms with Crippen LogP contribution in [0.25, 0.3) is 0 Å². The molecule has 8 nitrogen and oxygen atoms in total. The minimum atomic E-state index is -0.169. The van der Waals surface area contributed by atoms with Crippen molar-refractivity contribution in [3.8, 4) is 0 Å². The first-order chi connectivity index (χ1) is 11.2. The fourth-order valence-electron chi connectivity index (χ4n) is 3.46. The molecular weight excluding hydrogens is 298 g/mol. The van der Waals surface area contributed by atoms with E-state index in [0.29, 0.717) is 30.5 Å². The van der Waals surface area contributed by atoms with Gasteiger partial charge in [0.1, 0.15) is 11.8 Å². The Balaban J connectivity index is 1.39. The van der Waals surface area contributed by atoms with Crippen molar-refractivity contribution in [2.75, 3.05) is 13.1 Å². The molecule has 2 fully saturated rings. The van der Waals surface area contributed by atoms with Gasteiger partial charge in [-0.05, 0) is 38.7 Å². The van der Waals surface area contributed by atoms with Gasteiger partial charge in [-0.2, -0.15) is 10.1 Å². The largest absolute Gasteiger partial charge is 0.362 e. The SMILES string of the molecule is Cc1noc(C2CCC3(CCN(C(=O)c4ccn[nH]4)CC3)O2)n1. The zero-order valence-corrected chi connectivity index (χ0v) is 13.0. The molecule has 1 spiro atoms. The van der Waals surface area contributed by atoms with Crippen LogP contribution in [0.2, 0.25) is 0 Å². The standard InChI is InChI=1S/C15H19N5O3/c1-10-17-13(23-19-10)12-2-4-15(22-12)5-8-20(9-6-15)14(21)11-3-7-16-18-11/h3,7,12H,2,4-6,8-9H2,1H3,(H,16,18). The van der Waals surface area contributed by atoms with Crippen LogP contribution < -0.4 is 0 Å². The normalized spacial score (nSPS) is 23.5. The van der Waals surface area contributed by atoms with Crippen molar-refractivity contribution in [3.05, 3.63) is 29.7 Å². The number of ether oxygens (including phenoxy) is 1. The third-order valence-corrected chi connectivity index (χ3v) is 4.77. The minimum Gasteiger partial charge on any atom is -0.362 e. The third-order valence-electron chi connectivity index (χ3n) is 4.77. The van der Waals surface area contributed by atoms with E-state index in [4.69, 9.17) is 9.26 Å². The van der Waals surface area contributed by atoms with Crippen molar-refractivity contribution in [2.24, 2.45) is 0 Å². The van der Waals surface area contributed by atoms with E-state index in [9.17, 15) is 4.79 Å². The molecule has 1 atom stereocenters. The first-order valence-electron chi connectivity index (χ1n) is 7.92. The summed E-state index contributed by atoms with van der Waals surface area (Å²) in [6.07, 6.45) is 4.98. The lowest BCUT2D eigenvalue weighted by Crippen LogP contribution is -2.46. The molecule has 8 heteroatoms. The van der Waals surface area contributed by atoms with E-state index in [-0.39, 0.29) is 17.6 Å². The second-order valence-electron chi connectivity index (χ2n) is 6.27. The number of nitrogens with zero attached hydrogens (tertiary/aromatic N) is 4. The second kappa shape index (κ2) is 5.45. The van der Waals surface area contributed by atoms with Crippen LogP contribution in [0.5, 0.6) is 0 Å². The number of aromatic nitrogens is 4. The van der Waals surface area contributed by atoms with Gasteiger partial charge in [0.15, 0.2) is 5.82 Å². The molecule has 1 amide bonds. The van der Waals surface area contributed by atoms with E-state index in [2.05, 4.69) is 20.3 Å². The fourth-order valence-corrected chi connectivity index (χ4v) is 3.46. The van der Waals surface area contributed by atoms with E-state index in [0.717, 1.165) is 25.7 Å². The monoisotopic (exact) mass is 317 g/mol. The number of aryl methyl sites for hydroxylation is 1. The van der Waals surface area contributed by atoms with Gasteiger partial charge in [0.05, 0.1) is 5.60 Å². The van der Waals surface area contributed by atoms with E-state index in [1.807, 2.05) is 4.90 Å². The maximum Gasteiger partial charge on any atom is 0.271 e. The molecule has 1 N–H and O–H groups in total. The summed E-state index contributed by atoms with van der Waals surface area (Å²) in [6, 6.07) is 1.70. The Hall–Kier alpha value is -2.22. The smallest absolute Gasteiger partial charge is 0.271 e. The van der Waals surface area contributed by atoms with Gasteiger partial charge in [0, 0.05) is 19.3 Å². The molecular formula is C15H19N5O3. The molecule has 2 aromatic rings. The summed E-state index contributed by atoms with van der Waals surface area (Å²) in [7, 11) is 0. The highest BCUT2D eigenvalue weighted by molar-refractivity contribution is 5.92. The third kappa shape index (κ3) is 2.63. The van der Waals surface area contributed by atoms with Crippen LogP contribution >= 0.6 is 0 Å². The van der Waals surface area contributed by atoms with Crippen molar-refractivity contribution in [2.45, 2.75) is 44.3 Å². The number of carbonyl (C=O) groups is 1. The first kappa shape index (κ1) is 14.4. The van der Waals surface area contributed by atoms with Crippen LogP contribution in [-0.4, -0.2) is 49.8 Å². The maximum atomic E-state index is 12.3. The number of aromatic amines is 1. The topological polar surface area (TPSA) is 97.1 Å². The summed E-state index contributed by atoms with van der Waals surface area (Å²) in [6.45, 7) is 3.18. The van der Waals surface area contributed by atoms with Crippen LogP contribution in [-0.2, 0) is 4.74 Å². The Morgan fingerprint density at radius 3 is 2.87 bits per heavy atom. The highest BCUT2D eigenvalue weighted by Gasteiger charge is 2.45. The molecule has 23 heavy (non-hydrogen) atoms. The van der Waals surface area contributed by atoms with Gasteiger partial charge in [0.2, 0.25) is 0 Å². The van der Waals surface area contributed by atoms with E-state index in [1.54, 1.807) is 19.2 Å². The van der Waals surface area contributed by atoms with E-state index >= 15 is 0 Å². The molecule has 0 aliphatic carbocycles. The van der Waals surface area contributed by atoms with Crippen LogP contribution in [0, 0.1) is 6.92 Å². The lowest BCUT2D eigenvalue weighted by Gasteiger charge is -2.38. The quantitative estimate of drug-likeness (QED) is 0.904. The molecule has 0 bridgehead atoms. The predicted molar refractivity (Wildman–Crippen MR) is 78.6 cm³/mol. The van der Waals surface area contributed by atoms with Crippen LogP contribution in [0.1, 0.15) is 54.0 Å². The van der Waals surface area contributed by atoms with Gasteiger partial charge < -0.3 is 14.2 Å². The summed E-state index contributed by atoms with van der Waals surface area (Å²) < 4.78 is 11.5. The molecule has 2 aromatic heterocycles. The van der Waals surface area contributed by atoms with Gasteiger partial charge in [-0.1, -0.05) is 5.16 Å². The van der Waals surface area contributed by atoms with Crippen LogP contribution in [0.4, 0.5) is 0 Å². The number of rotatable bonds is 2. The predicted octanol–water partition coefficient (Wildman–Crippen LogP) is 1.63. The van der Waals surface area contributed by atoms with Gasteiger partial charge in [-0.3, -0.25) is 9.89 Å². The number of hydrogen-bond acceptors (Lipinski definition) is 6. The molecule has 2 aliphatic heterocycles. The zero-order valence-electron chi connectivity index (χ0n) is 13.0. The Kier molecular flexibility index (Phi) is 3.41. The lowest BCUT2D eigenvalue weighted by molar-refractivity contribution is -0.0821. The summed E-state index contributed by atoms with van der Waals surface area (Å²) in [5.41, 5.74) is 0.366. The molecule has 2 saturated heterocycles. The number of hydrogen-bond donors (Lipinski definition) is 1. The Morgan fingerprint density at radius 1 is 1.39 bits per heavy atom. The lowest BCUT2D eigenvalue weighted by atomic mass is 9.88. The van der Waals surface area contributed by atoms with Crippen molar-refractivity contribution in [1.82, 2.24) is 25.2 Å². The summed E-state index contributed by atoms with van der Waals surface area (Å²) in [5.74, 6) is 1.19. The summed E-state index contributed by atoms with van der Waals surface area (Å²) in [4.78, 5) is 18.5. The highest BCUT2D eigenvalue weighted by atomic mass is 16.5. The Labute approximate surface area is 133 Å². The number of amides is 1. The Morgan fingerprint density at radius 2 is 2.22 bits per heavy atom. The molecule has 1 unspecified atom stereocenters. The van der Waals surface area contributed by atoms with Gasteiger partial charge in [0.25, 0.3) is 11.8 Å². The Bertz CT molecular complexity index is 688. The molecule has 122 valence electrons. The maximum absolute atomic E-state index is 12.3. The molecule has 0 radical (unpaired) electrons. The van der Waals surface area contributed by atoms with Crippen molar-refractivity contribution >= 4 is 5.91 Å². The van der Waals surface area contributed by atoms with Crippen LogP contribution in [0.3, 0.4) is 0 Å². The van der Waals surface area contributed by atoms with Crippen molar-refractivity contribution in [1.29, 1.82) is 0 Å². The van der Waals surface area contributed by atoms with E-state index in [1.165, 1.54) is 0 Å². The van der Waals surface area contributed by atoms with E-state index < -0.39 is 0 Å². The number of piperidine rings is 1. The van der Waals surface area contributed by atoms with Gasteiger partial charge >= 0.3 is 0 Å². The zero-order chi connectivity index (χ0) is 15.9. The number of nitrogens with one attached hydrogen (secondary N) is 1. The average Bonchev–Trinajstić information content (AvgIpc) is 3.28. The van der Waals surface area contributed by atoms with Crippen molar-refractivity contribution < 1.29 is 14.1 Å². The molecule has 4 rings (SSSR count). The molecule has 0 aromatic carbocycles. The summed E-state index contributed by atoms with van der Waals surface area (Å²) in [5, 5.41) is 10.4. The second-order valence-corrected chi connectivity index (χ2v) is 6.27. The van der Waals surface area contributed by atoms with Crippen LogP contribution in [0.15, 0.2) is 16.8 Å². The minimum absolute atomic E-state index is 0.000534. The number of likely N-dealkylation sites (tertiary alicyclic amines) is 1. The molecule has 2 aliphatic rings. The fraction of sp³-hybridized carbons (Fsp3) is 0.600. The number of H-pyrrole nitrogens is 1. The summed E-state index contributed by atoms with van der Waals surface area (Å²) >= 11 is 0.